The van der Waals surface area contributed by atoms with Crippen LogP contribution in [0.1, 0.15) is 13.3 Å². The molecule has 0 amide bonds. The third kappa shape index (κ3) is 3.46. The van der Waals surface area contributed by atoms with E-state index < -0.39 is 10.0 Å². The van der Waals surface area contributed by atoms with Crippen molar-refractivity contribution in [3.05, 3.63) is 21.6 Å². The molecule has 5 nitrogen and oxygen atoms in total. The Morgan fingerprint density at radius 2 is 2.25 bits per heavy atom. The van der Waals surface area contributed by atoms with E-state index in [2.05, 4.69) is 20.7 Å². The summed E-state index contributed by atoms with van der Waals surface area (Å²) in [6.07, 6.45) is 0.850. The summed E-state index contributed by atoms with van der Waals surface area (Å²) in [6, 6.07) is 2.66. The number of sulfonamides is 1. The lowest BCUT2D eigenvalue weighted by Crippen LogP contribution is -2.38. The number of benzene rings is 1. The minimum Gasteiger partial charge on any atom is -0.398 e. The van der Waals surface area contributed by atoms with Crippen LogP contribution in [-0.2, 0) is 14.8 Å². The van der Waals surface area contributed by atoms with Crippen molar-refractivity contribution < 1.29 is 13.2 Å². The van der Waals surface area contributed by atoms with E-state index >= 15 is 0 Å². The van der Waals surface area contributed by atoms with Gasteiger partial charge in [0.2, 0.25) is 10.0 Å². The Bertz CT molecular complexity index is 603. The largest absolute Gasteiger partial charge is 0.398 e. The zero-order valence-corrected chi connectivity index (χ0v) is 14.1. The molecule has 1 aliphatic heterocycles. The summed E-state index contributed by atoms with van der Waals surface area (Å²) < 4.78 is 33.1. The first-order valence-corrected chi connectivity index (χ1v) is 8.81. The maximum atomic E-state index is 12.4. The van der Waals surface area contributed by atoms with E-state index in [0.29, 0.717) is 17.7 Å². The molecule has 0 aromatic heterocycles. The first kappa shape index (κ1) is 16.0. The SMILES string of the molecule is CC(NS(=O)(=O)c1cc(Cl)cc(N)c1Br)C1CCOC1. The number of nitrogens with two attached hydrogens (primary N) is 1. The molecule has 112 valence electrons. The van der Waals surface area contributed by atoms with E-state index in [1.165, 1.54) is 12.1 Å². The van der Waals surface area contributed by atoms with Gasteiger partial charge in [0.05, 0.1) is 16.0 Å². The lowest BCUT2D eigenvalue weighted by molar-refractivity contribution is 0.180. The van der Waals surface area contributed by atoms with Crippen molar-refractivity contribution in [2.75, 3.05) is 18.9 Å². The minimum absolute atomic E-state index is 0.0493. The van der Waals surface area contributed by atoms with Gasteiger partial charge in [-0.1, -0.05) is 11.6 Å². The normalized spacial score (nSPS) is 21.1. The molecule has 0 saturated carbocycles. The van der Waals surface area contributed by atoms with Crippen LogP contribution in [0.4, 0.5) is 5.69 Å². The summed E-state index contributed by atoms with van der Waals surface area (Å²) in [4.78, 5) is 0.0493. The average Bonchev–Trinajstić information content (AvgIpc) is 2.86. The van der Waals surface area contributed by atoms with Crippen LogP contribution in [-0.4, -0.2) is 27.7 Å². The first-order chi connectivity index (χ1) is 9.31. The third-order valence-corrected chi connectivity index (χ3v) is 6.28. The lowest BCUT2D eigenvalue weighted by atomic mass is 10.0. The van der Waals surface area contributed by atoms with Crippen LogP contribution in [0.25, 0.3) is 0 Å². The summed E-state index contributed by atoms with van der Waals surface area (Å²) in [7, 11) is -3.69. The van der Waals surface area contributed by atoms with E-state index in [1.54, 1.807) is 0 Å². The summed E-state index contributed by atoms with van der Waals surface area (Å²) in [6.45, 7) is 3.08. The van der Waals surface area contributed by atoms with Crippen LogP contribution in [0.15, 0.2) is 21.5 Å². The van der Waals surface area contributed by atoms with E-state index in [4.69, 9.17) is 22.1 Å². The molecule has 0 spiro atoms. The molecule has 1 saturated heterocycles. The summed E-state index contributed by atoms with van der Waals surface area (Å²) >= 11 is 9.07. The van der Waals surface area contributed by atoms with Gasteiger partial charge >= 0.3 is 0 Å². The number of hydrogen-bond donors (Lipinski definition) is 2. The van der Waals surface area contributed by atoms with Gasteiger partial charge in [-0.05, 0) is 41.4 Å². The molecule has 1 aliphatic rings. The van der Waals surface area contributed by atoms with E-state index in [-0.39, 0.29) is 27.6 Å². The molecule has 1 aromatic carbocycles. The van der Waals surface area contributed by atoms with Gasteiger partial charge in [-0.25, -0.2) is 13.1 Å². The van der Waals surface area contributed by atoms with Gasteiger partial charge in [0.25, 0.3) is 0 Å². The quantitative estimate of drug-likeness (QED) is 0.782. The molecule has 1 fully saturated rings. The predicted octanol–water partition coefficient (Wildman–Crippen LogP) is 2.39. The topological polar surface area (TPSA) is 81.4 Å². The van der Waals surface area contributed by atoms with Crippen LogP contribution in [0.5, 0.6) is 0 Å². The number of nitrogen functional groups attached to an aromatic ring is 1. The van der Waals surface area contributed by atoms with Crippen LogP contribution in [0.3, 0.4) is 0 Å². The number of rotatable bonds is 4. The van der Waals surface area contributed by atoms with Crippen molar-refractivity contribution in [2.24, 2.45) is 5.92 Å². The minimum atomic E-state index is -3.69. The second kappa shape index (κ2) is 6.19. The van der Waals surface area contributed by atoms with E-state index in [9.17, 15) is 8.42 Å². The third-order valence-electron chi connectivity index (χ3n) is 3.33. The zero-order valence-electron chi connectivity index (χ0n) is 10.9. The van der Waals surface area contributed by atoms with Gasteiger partial charge in [-0.3, -0.25) is 0 Å². The highest BCUT2D eigenvalue weighted by Gasteiger charge is 2.28. The molecular formula is C12H16BrClN2O3S. The molecule has 2 unspecified atom stereocenters. The van der Waals surface area contributed by atoms with Gasteiger partial charge < -0.3 is 10.5 Å². The van der Waals surface area contributed by atoms with Gasteiger partial charge in [0.1, 0.15) is 0 Å². The van der Waals surface area contributed by atoms with Gasteiger partial charge in [0, 0.05) is 29.3 Å². The molecule has 0 radical (unpaired) electrons. The number of halogens is 2. The van der Waals surface area contributed by atoms with Crippen LogP contribution in [0, 0.1) is 5.92 Å². The fourth-order valence-corrected chi connectivity index (χ4v) is 4.74. The Morgan fingerprint density at radius 1 is 1.55 bits per heavy atom. The molecule has 1 heterocycles. The van der Waals surface area contributed by atoms with Crippen LogP contribution < -0.4 is 10.5 Å². The highest BCUT2D eigenvalue weighted by molar-refractivity contribution is 9.10. The van der Waals surface area contributed by atoms with Crippen molar-refractivity contribution >= 4 is 43.2 Å². The Kier molecular flexibility index (Phi) is 4.96. The Labute approximate surface area is 132 Å². The first-order valence-electron chi connectivity index (χ1n) is 6.16. The second-order valence-electron chi connectivity index (χ2n) is 4.84. The van der Waals surface area contributed by atoms with Crippen LogP contribution >= 0.6 is 27.5 Å². The predicted molar refractivity (Wildman–Crippen MR) is 82.3 cm³/mol. The molecule has 1 aromatic rings. The van der Waals surface area contributed by atoms with Crippen LogP contribution in [0.2, 0.25) is 5.02 Å². The lowest BCUT2D eigenvalue weighted by Gasteiger charge is -2.20. The van der Waals surface area contributed by atoms with Crippen molar-refractivity contribution in [3.8, 4) is 0 Å². The number of anilines is 1. The van der Waals surface area contributed by atoms with Gasteiger partial charge in [-0.15, -0.1) is 0 Å². The number of nitrogens with one attached hydrogen (secondary N) is 1. The molecule has 0 aliphatic carbocycles. The zero-order chi connectivity index (χ0) is 14.9. The van der Waals surface area contributed by atoms with Crippen molar-refractivity contribution in [3.63, 3.8) is 0 Å². The smallest absolute Gasteiger partial charge is 0.242 e. The Morgan fingerprint density at radius 3 is 2.85 bits per heavy atom. The molecule has 2 rings (SSSR count). The molecule has 2 atom stereocenters. The van der Waals surface area contributed by atoms with Crippen molar-refractivity contribution in [1.29, 1.82) is 0 Å². The Balaban J connectivity index is 2.26. The van der Waals surface area contributed by atoms with E-state index in [0.717, 1.165) is 6.42 Å². The summed E-state index contributed by atoms with van der Waals surface area (Å²) in [5.74, 6) is 0.181. The molecule has 8 heteroatoms. The maximum absolute atomic E-state index is 12.4. The highest BCUT2D eigenvalue weighted by atomic mass is 79.9. The van der Waals surface area contributed by atoms with Gasteiger partial charge in [-0.2, -0.15) is 0 Å². The molecule has 3 N–H and O–H groups in total. The van der Waals surface area contributed by atoms with Crippen molar-refractivity contribution in [2.45, 2.75) is 24.3 Å². The molecular weight excluding hydrogens is 368 g/mol. The van der Waals surface area contributed by atoms with E-state index in [1.807, 2.05) is 6.92 Å². The Hall–Kier alpha value is -0.340. The van der Waals surface area contributed by atoms with Gasteiger partial charge in [0.15, 0.2) is 0 Å². The average molecular weight is 384 g/mol. The maximum Gasteiger partial charge on any atom is 0.242 e. The fourth-order valence-electron chi connectivity index (χ4n) is 2.13. The second-order valence-corrected chi connectivity index (χ2v) is 7.75. The summed E-state index contributed by atoms with van der Waals surface area (Å²) in [5.41, 5.74) is 6.01. The molecule has 20 heavy (non-hydrogen) atoms. The van der Waals surface area contributed by atoms with Crippen molar-refractivity contribution in [1.82, 2.24) is 4.72 Å². The number of hydrogen-bond acceptors (Lipinski definition) is 4. The number of ether oxygens (including phenoxy) is 1. The fraction of sp³-hybridized carbons (Fsp3) is 0.500. The highest BCUT2D eigenvalue weighted by Crippen LogP contribution is 2.32. The standard InChI is InChI=1S/C12H16BrClN2O3S/c1-7(8-2-3-19-6-8)16-20(17,18)11-5-9(14)4-10(15)12(11)13/h4-5,7-8,16H,2-3,6,15H2,1H3. The molecule has 0 bridgehead atoms. The summed E-state index contributed by atoms with van der Waals surface area (Å²) in [5, 5.41) is 0.280. The monoisotopic (exact) mass is 382 g/mol.